The van der Waals surface area contributed by atoms with Crippen LogP contribution in [0.25, 0.3) is 0 Å². The number of rotatable bonds is 14. The third kappa shape index (κ3) is 9.15. The molecule has 0 atom stereocenters. The van der Waals surface area contributed by atoms with Gasteiger partial charge in [0.25, 0.3) is 0 Å². The Morgan fingerprint density at radius 1 is 0.938 bits per heavy atom. The van der Waals surface area contributed by atoms with Gasteiger partial charge >= 0.3 is 0 Å². The van der Waals surface area contributed by atoms with E-state index >= 15 is 0 Å². The summed E-state index contributed by atoms with van der Waals surface area (Å²) in [6, 6.07) is 12.5. The van der Waals surface area contributed by atoms with Gasteiger partial charge in [-0.2, -0.15) is 0 Å². The fourth-order valence-electron chi connectivity index (χ4n) is 3.37. The first-order valence-electron chi connectivity index (χ1n) is 11.2. The summed E-state index contributed by atoms with van der Waals surface area (Å²) in [5, 5.41) is 3.95. The average Bonchev–Trinajstić information content (AvgIpc) is 2.76. The molecular weight excluding hydrogens is 402 g/mol. The SMILES string of the molecule is C/C=C/COc1cc(C)c(OCCCCOCc2ccc(CC(C)=NOC)cc2)c(C)c1. The van der Waals surface area contributed by atoms with Crippen LogP contribution >= 0.6 is 0 Å². The van der Waals surface area contributed by atoms with Crippen LogP contribution in [-0.2, 0) is 22.6 Å². The van der Waals surface area contributed by atoms with Crippen molar-refractivity contribution >= 4 is 5.71 Å². The number of unbranched alkanes of at least 4 members (excludes halogenated alkanes) is 1. The minimum absolute atomic E-state index is 0.586. The van der Waals surface area contributed by atoms with Gasteiger partial charge in [0.05, 0.1) is 18.9 Å². The molecule has 0 aliphatic rings. The first-order valence-corrected chi connectivity index (χ1v) is 11.2. The minimum Gasteiger partial charge on any atom is -0.493 e. The van der Waals surface area contributed by atoms with E-state index < -0.39 is 0 Å². The Labute approximate surface area is 193 Å². The first kappa shape index (κ1) is 25.5. The second kappa shape index (κ2) is 14.3. The van der Waals surface area contributed by atoms with E-state index in [-0.39, 0.29) is 0 Å². The first-order chi connectivity index (χ1) is 15.5. The van der Waals surface area contributed by atoms with Gasteiger partial charge in [0.15, 0.2) is 0 Å². The molecule has 0 spiro atoms. The summed E-state index contributed by atoms with van der Waals surface area (Å²) in [5.41, 5.74) is 5.55. The molecule has 2 aromatic rings. The minimum atomic E-state index is 0.586. The lowest BCUT2D eigenvalue weighted by molar-refractivity contribution is 0.113. The highest BCUT2D eigenvalue weighted by molar-refractivity contribution is 5.83. The predicted octanol–water partition coefficient (Wildman–Crippen LogP) is 6.20. The number of oxime groups is 1. The quantitative estimate of drug-likeness (QED) is 0.152. The lowest BCUT2D eigenvalue weighted by atomic mass is 10.1. The van der Waals surface area contributed by atoms with Crippen LogP contribution < -0.4 is 9.47 Å². The zero-order valence-corrected chi connectivity index (χ0v) is 20.1. The lowest BCUT2D eigenvalue weighted by Crippen LogP contribution is -2.04. The van der Waals surface area contributed by atoms with Crippen molar-refractivity contribution in [2.45, 2.75) is 53.6 Å². The van der Waals surface area contributed by atoms with Crippen molar-refractivity contribution in [1.29, 1.82) is 0 Å². The fraction of sp³-hybridized carbons (Fsp3) is 0.444. The lowest BCUT2D eigenvalue weighted by Gasteiger charge is -2.14. The van der Waals surface area contributed by atoms with E-state index in [0.29, 0.717) is 19.8 Å². The Morgan fingerprint density at radius 2 is 1.59 bits per heavy atom. The van der Waals surface area contributed by atoms with Crippen molar-refractivity contribution in [3.05, 3.63) is 70.8 Å². The largest absolute Gasteiger partial charge is 0.493 e. The van der Waals surface area contributed by atoms with Gasteiger partial charge in [-0.25, -0.2) is 0 Å². The molecule has 0 amide bonds. The molecule has 0 aliphatic carbocycles. The maximum absolute atomic E-state index is 6.03. The molecule has 0 aromatic heterocycles. The van der Waals surface area contributed by atoms with Gasteiger partial charge in [0.2, 0.25) is 0 Å². The zero-order chi connectivity index (χ0) is 23.2. The standard InChI is InChI=1S/C27H37NO4/c1-6-7-15-31-26-17-21(2)27(22(3)18-26)32-16-9-8-14-30-20-25-12-10-24(11-13-25)19-23(4)28-29-5/h6-7,10-13,17-18H,8-9,14-16,19-20H2,1-5H3/b7-6+,28-23?. The molecule has 5 heteroatoms. The van der Waals surface area contributed by atoms with Gasteiger partial charge in [-0.3, -0.25) is 0 Å². The second-order valence-electron chi connectivity index (χ2n) is 7.88. The van der Waals surface area contributed by atoms with Crippen LogP contribution in [0.1, 0.15) is 48.9 Å². The summed E-state index contributed by atoms with van der Waals surface area (Å²) in [7, 11) is 1.57. The highest BCUT2D eigenvalue weighted by atomic mass is 16.6. The van der Waals surface area contributed by atoms with Crippen LogP contribution in [0, 0.1) is 13.8 Å². The second-order valence-corrected chi connectivity index (χ2v) is 7.88. The van der Waals surface area contributed by atoms with E-state index in [1.807, 2.05) is 38.1 Å². The molecular formula is C27H37NO4. The average molecular weight is 440 g/mol. The van der Waals surface area contributed by atoms with Crippen LogP contribution in [-0.4, -0.2) is 32.6 Å². The van der Waals surface area contributed by atoms with Crippen LogP contribution in [0.5, 0.6) is 11.5 Å². The van der Waals surface area contributed by atoms with Crippen molar-refractivity contribution in [1.82, 2.24) is 0 Å². The highest BCUT2D eigenvalue weighted by Crippen LogP contribution is 2.28. The van der Waals surface area contributed by atoms with Crippen LogP contribution in [0.3, 0.4) is 0 Å². The monoisotopic (exact) mass is 439 g/mol. The Morgan fingerprint density at radius 3 is 2.25 bits per heavy atom. The van der Waals surface area contributed by atoms with E-state index in [9.17, 15) is 0 Å². The van der Waals surface area contributed by atoms with E-state index in [2.05, 4.69) is 43.3 Å². The number of nitrogens with zero attached hydrogens (tertiary/aromatic N) is 1. The molecule has 2 rings (SSSR count). The van der Waals surface area contributed by atoms with Crippen LogP contribution in [0.15, 0.2) is 53.7 Å². The maximum Gasteiger partial charge on any atom is 0.125 e. The third-order valence-electron chi connectivity index (χ3n) is 4.94. The Balaban J connectivity index is 1.65. The molecule has 0 N–H and O–H groups in total. The van der Waals surface area contributed by atoms with Gasteiger partial charge in [-0.05, 0) is 74.9 Å². The molecule has 0 radical (unpaired) electrons. The molecule has 5 nitrogen and oxygen atoms in total. The smallest absolute Gasteiger partial charge is 0.125 e. The van der Waals surface area contributed by atoms with Crippen molar-refractivity contribution in [3.63, 3.8) is 0 Å². The van der Waals surface area contributed by atoms with E-state index in [1.165, 1.54) is 11.1 Å². The Hall–Kier alpha value is -2.79. The number of hydrogen-bond acceptors (Lipinski definition) is 5. The summed E-state index contributed by atoms with van der Waals surface area (Å²) in [4.78, 5) is 4.80. The van der Waals surface area contributed by atoms with E-state index in [1.54, 1.807) is 7.11 Å². The number of ether oxygens (including phenoxy) is 3. The van der Waals surface area contributed by atoms with E-state index in [4.69, 9.17) is 19.0 Å². The van der Waals surface area contributed by atoms with Gasteiger partial charge in [0.1, 0.15) is 25.2 Å². The van der Waals surface area contributed by atoms with Crippen molar-refractivity contribution in [3.8, 4) is 11.5 Å². The van der Waals surface area contributed by atoms with Gasteiger partial charge in [0, 0.05) is 13.0 Å². The molecule has 0 fully saturated rings. The van der Waals surface area contributed by atoms with Crippen molar-refractivity contribution < 1.29 is 19.0 Å². The maximum atomic E-state index is 6.03. The summed E-state index contributed by atoms with van der Waals surface area (Å²) in [6.07, 6.45) is 6.69. The molecule has 0 saturated carbocycles. The number of benzene rings is 2. The molecule has 174 valence electrons. The summed E-state index contributed by atoms with van der Waals surface area (Å²) in [6.45, 7) is 10.7. The normalized spacial score (nSPS) is 11.7. The number of hydrogen-bond donors (Lipinski definition) is 0. The predicted molar refractivity (Wildman–Crippen MR) is 131 cm³/mol. The Bertz CT molecular complexity index is 849. The molecule has 0 unspecified atom stereocenters. The van der Waals surface area contributed by atoms with E-state index in [0.717, 1.165) is 54.2 Å². The van der Waals surface area contributed by atoms with Crippen LogP contribution in [0.2, 0.25) is 0 Å². The highest BCUT2D eigenvalue weighted by Gasteiger charge is 2.07. The molecule has 2 aromatic carbocycles. The van der Waals surface area contributed by atoms with Gasteiger partial charge < -0.3 is 19.0 Å². The fourth-order valence-corrected chi connectivity index (χ4v) is 3.37. The molecule has 0 saturated heterocycles. The topological polar surface area (TPSA) is 49.3 Å². The number of allylic oxidation sites excluding steroid dienone is 1. The third-order valence-corrected chi connectivity index (χ3v) is 4.94. The molecule has 0 bridgehead atoms. The van der Waals surface area contributed by atoms with Crippen LogP contribution in [0.4, 0.5) is 0 Å². The number of aryl methyl sites for hydroxylation is 2. The van der Waals surface area contributed by atoms with Gasteiger partial charge in [-0.15, -0.1) is 0 Å². The molecule has 32 heavy (non-hydrogen) atoms. The van der Waals surface area contributed by atoms with Crippen molar-refractivity contribution in [2.24, 2.45) is 5.16 Å². The van der Waals surface area contributed by atoms with Crippen molar-refractivity contribution in [2.75, 3.05) is 26.9 Å². The molecule has 0 aliphatic heterocycles. The zero-order valence-electron chi connectivity index (χ0n) is 20.1. The summed E-state index contributed by atoms with van der Waals surface area (Å²) < 4.78 is 17.6. The Kier molecular flexibility index (Phi) is 11.4. The van der Waals surface area contributed by atoms with Gasteiger partial charge in [-0.1, -0.05) is 41.6 Å². The molecule has 0 heterocycles. The summed E-state index contributed by atoms with van der Waals surface area (Å²) >= 11 is 0. The summed E-state index contributed by atoms with van der Waals surface area (Å²) in [5.74, 6) is 1.83.